The molecule has 2 saturated heterocycles. The summed E-state index contributed by atoms with van der Waals surface area (Å²) in [5.74, 6) is -1.95. The molecule has 9 heteroatoms. The number of fused-ring (bicyclic) bond motifs is 7. The van der Waals surface area contributed by atoms with Crippen molar-refractivity contribution in [3.63, 3.8) is 0 Å². The van der Waals surface area contributed by atoms with Crippen molar-refractivity contribution in [2.45, 2.75) is 80.4 Å². The van der Waals surface area contributed by atoms with Crippen molar-refractivity contribution in [1.82, 2.24) is 0 Å². The van der Waals surface area contributed by atoms with Gasteiger partial charge >= 0.3 is 5.97 Å². The van der Waals surface area contributed by atoms with Crippen LogP contribution in [0, 0.1) is 23.7 Å². The van der Waals surface area contributed by atoms with Gasteiger partial charge in [-0.3, -0.25) is 0 Å². The lowest BCUT2D eigenvalue weighted by atomic mass is 9.54. The molecule has 230 valence electrons. The minimum absolute atomic E-state index is 0.0478. The molecule has 0 radical (unpaired) electrons. The van der Waals surface area contributed by atoms with Crippen molar-refractivity contribution >= 4 is 5.97 Å². The summed E-state index contributed by atoms with van der Waals surface area (Å²) in [4.78, 5) is 13.4. The summed E-state index contributed by atoms with van der Waals surface area (Å²) in [6, 6.07) is 18.0. The Morgan fingerprint density at radius 1 is 1.07 bits per heavy atom. The first-order chi connectivity index (χ1) is 20.6. The van der Waals surface area contributed by atoms with Crippen LogP contribution in [0.5, 0.6) is 5.75 Å². The zero-order valence-electron chi connectivity index (χ0n) is 24.7. The molecular formula is C34H40O9. The molecule has 2 aromatic rings. The van der Waals surface area contributed by atoms with Gasteiger partial charge in [-0.1, -0.05) is 56.8 Å². The number of para-hydroxylation sites is 1. The van der Waals surface area contributed by atoms with E-state index >= 15 is 0 Å². The molecule has 5 fully saturated rings. The molecule has 0 spiro atoms. The molecule has 9 nitrogen and oxygen atoms in total. The normalized spacial score (nSPS) is 46.0. The van der Waals surface area contributed by atoms with Crippen molar-refractivity contribution in [1.29, 1.82) is 0 Å². The van der Waals surface area contributed by atoms with Gasteiger partial charge in [-0.05, 0) is 61.4 Å². The van der Waals surface area contributed by atoms with Crippen LogP contribution in [0.15, 0.2) is 72.8 Å². The van der Waals surface area contributed by atoms with Gasteiger partial charge in [0, 0.05) is 5.92 Å². The summed E-state index contributed by atoms with van der Waals surface area (Å²) < 4.78 is 32.2. The number of benzene rings is 2. The predicted molar refractivity (Wildman–Crippen MR) is 154 cm³/mol. The Kier molecular flexibility index (Phi) is 6.64. The third-order valence-electron chi connectivity index (χ3n) is 11.2. The molecule has 5 aliphatic rings. The minimum atomic E-state index is -2.03. The number of rotatable bonds is 6. The van der Waals surface area contributed by atoms with Crippen molar-refractivity contribution in [3.05, 3.63) is 78.4 Å². The van der Waals surface area contributed by atoms with E-state index in [1.165, 1.54) is 0 Å². The van der Waals surface area contributed by atoms with Gasteiger partial charge in [-0.25, -0.2) is 4.79 Å². The quantitative estimate of drug-likeness (QED) is 0.263. The average Bonchev–Trinajstić information content (AvgIpc) is 3.50. The van der Waals surface area contributed by atoms with E-state index < -0.39 is 71.2 Å². The fourth-order valence-corrected chi connectivity index (χ4v) is 9.22. The van der Waals surface area contributed by atoms with E-state index in [0.717, 1.165) is 5.57 Å². The lowest BCUT2D eigenvalue weighted by molar-refractivity contribution is -0.244. The van der Waals surface area contributed by atoms with Crippen LogP contribution in [0.1, 0.15) is 44.0 Å². The highest BCUT2D eigenvalue weighted by atomic mass is 16.7. The molecule has 3 aliphatic carbocycles. The number of aliphatic hydroxyl groups is 3. The average molecular weight is 593 g/mol. The van der Waals surface area contributed by atoms with E-state index in [9.17, 15) is 20.1 Å². The second-order valence-corrected chi connectivity index (χ2v) is 13.3. The Balaban J connectivity index is 1.42. The number of hydrogen-bond acceptors (Lipinski definition) is 9. The molecule has 2 aromatic carbocycles. The van der Waals surface area contributed by atoms with E-state index in [4.69, 9.17) is 23.7 Å². The zero-order valence-corrected chi connectivity index (χ0v) is 24.7. The third-order valence-corrected chi connectivity index (χ3v) is 11.2. The van der Waals surface area contributed by atoms with E-state index in [-0.39, 0.29) is 18.6 Å². The second-order valence-electron chi connectivity index (χ2n) is 13.3. The van der Waals surface area contributed by atoms with Crippen LogP contribution >= 0.6 is 0 Å². The van der Waals surface area contributed by atoms with Crippen LogP contribution in [0.25, 0.3) is 0 Å². The van der Waals surface area contributed by atoms with Crippen LogP contribution in [-0.2, 0) is 18.9 Å². The van der Waals surface area contributed by atoms with Gasteiger partial charge in [0.1, 0.15) is 59.4 Å². The van der Waals surface area contributed by atoms with E-state index in [1.54, 1.807) is 30.3 Å². The van der Waals surface area contributed by atoms with Crippen molar-refractivity contribution in [3.8, 4) is 5.75 Å². The lowest BCUT2D eigenvalue weighted by Crippen LogP contribution is -2.72. The highest BCUT2D eigenvalue weighted by Crippen LogP contribution is 2.69. The van der Waals surface area contributed by atoms with Crippen LogP contribution in [0.3, 0.4) is 0 Å². The van der Waals surface area contributed by atoms with E-state index in [0.29, 0.717) is 24.2 Å². The molecule has 3 N–H and O–H groups in total. The van der Waals surface area contributed by atoms with Gasteiger partial charge in [0.05, 0.1) is 18.1 Å². The number of carbonyl (C=O) groups is 1. The Hall–Kier alpha value is -2.79. The maximum atomic E-state index is 13.4. The number of esters is 1. The van der Waals surface area contributed by atoms with Gasteiger partial charge in [0.2, 0.25) is 0 Å². The Bertz CT molecular complexity index is 1400. The maximum Gasteiger partial charge on any atom is 0.338 e. The van der Waals surface area contributed by atoms with Gasteiger partial charge in [0.25, 0.3) is 0 Å². The molecule has 7 rings (SSSR count). The van der Waals surface area contributed by atoms with Crippen LogP contribution in [-0.4, -0.2) is 81.5 Å². The molecule has 0 bridgehead atoms. The first-order valence-corrected chi connectivity index (χ1v) is 15.2. The van der Waals surface area contributed by atoms with Crippen LogP contribution < -0.4 is 4.74 Å². The zero-order chi connectivity index (χ0) is 30.4. The monoisotopic (exact) mass is 592 g/mol. The Morgan fingerprint density at radius 2 is 1.74 bits per heavy atom. The van der Waals surface area contributed by atoms with Gasteiger partial charge in [0.15, 0.2) is 0 Å². The Morgan fingerprint density at radius 3 is 2.40 bits per heavy atom. The van der Waals surface area contributed by atoms with Crippen molar-refractivity contribution in [2.24, 2.45) is 23.7 Å². The highest BCUT2D eigenvalue weighted by molar-refractivity contribution is 5.89. The first kappa shape index (κ1) is 29.0. The number of carbonyl (C=O) groups excluding carboxylic acids is 1. The lowest BCUT2D eigenvalue weighted by Gasteiger charge is -2.59. The van der Waals surface area contributed by atoms with Gasteiger partial charge in [-0.2, -0.15) is 0 Å². The molecular weight excluding hydrogens is 552 g/mol. The Labute approximate surface area is 251 Å². The minimum Gasteiger partial charge on any atom is -0.486 e. The molecule has 0 aromatic heterocycles. The fraction of sp³-hybridized carbons (Fsp3) is 0.559. The van der Waals surface area contributed by atoms with E-state index in [2.05, 4.69) is 13.5 Å². The predicted octanol–water partition coefficient (Wildman–Crippen LogP) is 3.27. The molecule has 3 saturated carbocycles. The summed E-state index contributed by atoms with van der Waals surface area (Å²) in [5, 5.41) is 36.1. The fourth-order valence-electron chi connectivity index (χ4n) is 9.22. The molecule has 0 amide bonds. The molecule has 43 heavy (non-hydrogen) atoms. The number of aliphatic hydroxyl groups excluding tert-OH is 2. The molecule has 12 atom stereocenters. The van der Waals surface area contributed by atoms with Crippen molar-refractivity contribution < 1.29 is 43.8 Å². The number of ether oxygens (including phenoxy) is 5. The van der Waals surface area contributed by atoms with Crippen LogP contribution in [0.4, 0.5) is 0 Å². The van der Waals surface area contributed by atoms with Gasteiger partial charge < -0.3 is 39.0 Å². The van der Waals surface area contributed by atoms with E-state index in [1.807, 2.05) is 44.2 Å². The van der Waals surface area contributed by atoms with Crippen LogP contribution in [0.2, 0.25) is 0 Å². The molecule has 0 unspecified atom stereocenters. The van der Waals surface area contributed by atoms with Crippen molar-refractivity contribution in [2.75, 3.05) is 13.4 Å². The topological polar surface area (TPSA) is 127 Å². The molecule has 2 heterocycles. The molecule has 2 aliphatic heterocycles. The maximum absolute atomic E-state index is 13.4. The standard InChI is InChI=1S/C34H40O9/c1-19(2)31-16-21(4)34(42-23-13-9-6-10-14-23)24-15-20(3)26(41-29(36)22-11-7-5-8-12-22)33(24,38)30(37)32(17-35)28(43-32)25(34)27(31)39-18-40-31/h5-14,20-21,24-28,30,35,37-38H,1,15-18H2,2-4H3/t20-,21+,24+,25+,26-,27+,28-,30+,31+,32-,33+,34-/m0/s1. The summed E-state index contributed by atoms with van der Waals surface area (Å²) in [6.07, 6.45) is -3.14. The van der Waals surface area contributed by atoms with Gasteiger partial charge in [-0.15, -0.1) is 0 Å². The SMILES string of the molecule is C=C(C)[C@]12C[C@@H](C)[C@@]3(Oc4ccccc4)[C@H]([C@H]1OCO2)[C@@H]1O[C@]1(CO)[C@@H](O)[C@@]1(O)[C@H]3C[C@H](C)[C@@H]1OC(=O)c1ccccc1. The summed E-state index contributed by atoms with van der Waals surface area (Å²) in [7, 11) is 0. The summed E-state index contributed by atoms with van der Waals surface area (Å²) >= 11 is 0. The smallest absolute Gasteiger partial charge is 0.338 e. The first-order valence-electron chi connectivity index (χ1n) is 15.2. The highest BCUT2D eigenvalue weighted by Gasteiger charge is 2.85. The largest absolute Gasteiger partial charge is 0.486 e. The number of hydrogen-bond donors (Lipinski definition) is 3. The number of epoxide rings is 1. The second kappa shape index (κ2) is 9.86. The summed E-state index contributed by atoms with van der Waals surface area (Å²) in [6.45, 7) is 9.67. The summed E-state index contributed by atoms with van der Waals surface area (Å²) in [5.41, 5.74) is -4.41. The third kappa shape index (κ3) is 3.76.